The normalized spacial score (nSPS) is 16.8. The topological polar surface area (TPSA) is 133 Å². The van der Waals surface area contributed by atoms with Crippen LogP contribution in [0.4, 0.5) is 5.69 Å². The van der Waals surface area contributed by atoms with Crippen LogP contribution >= 0.6 is 0 Å². The maximum absolute atomic E-state index is 14.2. The Kier molecular flexibility index (Phi) is 10.8. The van der Waals surface area contributed by atoms with E-state index in [-0.39, 0.29) is 17.7 Å². The Hall–Kier alpha value is -5.48. The molecule has 3 amide bonds. The van der Waals surface area contributed by atoms with Gasteiger partial charge in [0.2, 0.25) is 11.8 Å². The first-order valence-corrected chi connectivity index (χ1v) is 19.2. The molecule has 4 N–H and O–H groups in total. The molecule has 2 fully saturated rings. The zero-order chi connectivity index (χ0) is 37.8. The number of fused-ring (bicyclic) bond motifs is 5. The standard InChI is InChI=1S/C44H49N5O5/c1-48(2)25-24-45-41(52)33-26-31-12-6-7-13-35(31)40-39(30-10-4-3-5-11-30)36-20-17-32(27-37(36)49(40)28-33)42(53)47-44(22-8-9-23-44)43(54)46-34-18-14-29(15-19-34)16-21-38(50)51/h6-7,12-21,26-27,30H,3-5,8-11,22-25,28H2,1-2H3,(H,45,52)(H,46,54)(H,47,53)(H,50,51). The molecular formula is C44H49N5O5. The highest BCUT2D eigenvalue weighted by Crippen LogP contribution is 2.46. The Labute approximate surface area is 316 Å². The molecule has 280 valence electrons. The Bertz CT molecular complexity index is 2130. The van der Waals surface area contributed by atoms with Gasteiger partial charge in [0, 0.05) is 52.5 Å². The molecule has 1 aromatic heterocycles. The molecule has 4 aromatic rings. The van der Waals surface area contributed by atoms with Crippen molar-refractivity contribution in [1.82, 2.24) is 20.1 Å². The van der Waals surface area contributed by atoms with Crippen molar-refractivity contribution < 1.29 is 24.3 Å². The maximum Gasteiger partial charge on any atom is 0.328 e. The lowest BCUT2D eigenvalue weighted by Gasteiger charge is -2.29. The van der Waals surface area contributed by atoms with Crippen LogP contribution in [0.1, 0.15) is 90.8 Å². The molecule has 2 heterocycles. The number of carbonyl (C=O) groups is 4. The molecule has 7 rings (SSSR count). The van der Waals surface area contributed by atoms with Gasteiger partial charge in [0.05, 0.1) is 12.2 Å². The third kappa shape index (κ3) is 7.75. The lowest BCUT2D eigenvalue weighted by molar-refractivity contribution is -0.131. The molecule has 0 bridgehead atoms. The van der Waals surface area contributed by atoms with E-state index in [1.165, 1.54) is 30.9 Å². The van der Waals surface area contributed by atoms with E-state index in [4.69, 9.17) is 5.11 Å². The average molecular weight is 728 g/mol. The second-order valence-corrected chi connectivity index (χ2v) is 15.2. The number of rotatable bonds is 11. The molecule has 0 unspecified atom stereocenters. The number of carboxylic acids is 1. The summed E-state index contributed by atoms with van der Waals surface area (Å²) in [6.07, 6.45) is 13.0. The zero-order valence-corrected chi connectivity index (χ0v) is 31.1. The number of anilines is 1. The number of hydrogen-bond donors (Lipinski definition) is 4. The minimum atomic E-state index is -1.07. The fourth-order valence-corrected chi connectivity index (χ4v) is 8.44. The second kappa shape index (κ2) is 15.9. The van der Waals surface area contributed by atoms with Gasteiger partial charge in [-0.25, -0.2) is 4.79 Å². The van der Waals surface area contributed by atoms with E-state index >= 15 is 0 Å². The summed E-state index contributed by atoms with van der Waals surface area (Å²) in [6.45, 7) is 1.63. The number of carboxylic acid groups (broad SMARTS) is 1. The molecule has 10 heteroatoms. The molecule has 2 aliphatic carbocycles. The smallest absolute Gasteiger partial charge is 0.328 e. The number of hydrogen-bond acceptors (Lipinski definition) is 5. The maximum atomic E-state index is 14.2. The first-order chi connectivity index (χ1) is 26.1. The monoisotopic (exact) mass is 727 g/mol. The average Bonchev–Trinajstić information content (AvgIpc) is 3.72. The van der Waals surface area contributed by atoms with Crippen molar-refractivity contribution in [3.05, 3.63) is 101 Å². The number of benzene rings is 3. The number of amides is 3. The van der Waals surface area contributed by atoms with Gasteiger partial charge in [0.1, 0.15) is 5.54 Å². The summed E-state index contributed by atoms with van der Waals surface area (Å²) in [6, 6.07) is 21.1. The van der Waals surface area contributed by atoms with Crippen LogP contribution in [0.15, 0.2) is 78.4 Å². The summed E-state index contributed by atoms with van der Waals surface area (Å²) in [5.74, 6) is -1.36. The fourth-order valence-electron chi connectivity index (χ4n) is 8.44. The quantitative estimate of drug-likeness (QED) is 0.121. The minimum Gasteiger partial charge on any atom is -0.478 e. The molecule has 1 aliphatic heterocycles. The van der Waals surface area contributed by atoms with Gasteiger partial charge in [-0.3, -0.25) is 14.4 Å². The van der Waals surface area contributed by atoms with Crippen LogP contribution in [0.2, 0.25) is 0 Å². The Balaban J connectivity index is 1.23. The molecule has 2 saturated carbocycles. The highest BCUT2D eigenvalue weighted by atomic mass is 16.4. The molecule has 0 radical (unpaired) electrons. The van der Waals surface area contributed by atoms with E-state index in [0.717, 1.165) is 66.0 Å². The molecule has 0 spiro atoms. The number of likely N-dealkylation sites (N-methyl/N-ethyl adjacent to an activating group) is 1. The first-order valence-electron chi connectivity index (χ1n) is 19.2. The largest absolute Gasteiger partial charge is 0.478 e. The Morgan fingerprint density at radius 1 is 0.907 bits per heavy atom. The highest BCUT2D eigenvalue weighted by Gasteiger charge is 2.43. The van der Waals surface area contributed by atoms with Crippen molar-refractivity contribution in [3.8, 4) is 11.3 Å². The molecule has 0 saturated heterocycles. The Morgan fingerprint density at radius 3 is 2.37 bits per heavy atom. The third-order valence-corrected chi connectivity index (χ3v) is 11.2. The number of nitrogens with zero attached hydrogens (tertiary/aromatic N) is 2. The Morgan fingerprint density at radius 2 is 1.65 bits per heavy atom. The van der Waals surface area contributed by atoms with Crippen LogP contribution in [0.5, 0.6) is 0 Å². The highest BCUT2D eigenvalue weighted by molar-refractivity contribution is 6.07. The molecule has 0 atom stereocenters. The summed E-state index contributed by atoms with van der Waals surface area (Å²) in [5, 5.41) is 19.3. The van der Waals surface area contributed by atoms with Gasteiger partial charge >= 0.3 is 5.97 Å². The van der Waals surface area contributed by atoms with Crippen molar-refractivity contribution in [3.63, 3.8) is 0 Å². The van der Waals surface area contributed by atoms with E-state index in [9.17, 15) is 19.2 Å². The van der Waals surface area contributed by atoms with Crippen LogP contribution in [-0.4, -0.2) is 71.0 Å². The SMILES string of the molecule is CN(C)CCNC(=O)C1=Cc2ccccc2-c2c(C3CCCCC3)c3ccc(C(=O)NC4(C(=O)Nc5ccc(C=CC(=O)O)cc5)CCCC4)cc3n2C1. The summed E-state index contributed by atoms with van der Waals surface area (Å²) in [5.41, 5.74) is 6.73. The number of aliphatic carboxylic acids is 1. The van der Waals surface area contributed by atoms with E-state index in [1.807, 2.05) is 43.3 Å². The van der Waals surface area contributed by atoms with Crippen LogP contribution in [0.3, 0.4) is 0 Å². The van der Waals surface area contributed by atoms with Crippen molar-refractivity contribution >= 4 is 52.4 Å². The summed E-state index contributed by atoms with van der Waals surface area (Å²) < 4.78 is 2.24. The first kappa shape index (κ1) is 36.9. The van der Waals surface area contributed by atoms with E-state index in [2.05, 4.69) is 44.8 Å². The lowest BCUT2D eigenvalue weighted by atomic mass is 9.81. The number of aromatic nitrogens is 1. The minimum absolute atomic E-state index is 0.102. The van der Waals surface area contributed by atoms with E-state index in [1.54, 1.807) is 24.3 Å². The van der Waals surface area contributed by atoms with Crippen LogP contribution in [0.25, 0.3) is 34.3 Å². The molecular weight excluding hydrogens is 679 g/mol. The zero-order valence-electron chi connectivity index (χ0n) is 31.1. The second-order valence-electron chi connectivity index (χ2n) is 15.2. The van der Waals surface area contributed by atoms with Crippen molar-refractivity contribution in [2.45, 2.75) is 75.8 Å². The fraction of sp³-hybridized carbons (Fsp3) is 0.364. The van der Waals surface area contributed by atoms with Gasteiger partial charge < -0.3 is 30.5 Å². The molecule has 54 heavy (non-hydrogen) atoms. The van der Waals surface area contributed by atoms with Crippen molar-refractivity contribution in [2.75, 3.05) is 32.5 Å². The molecule has 3 aliphatic rings. The van der Waals surface area contributed by atoms with Crippen molar-refractivity contribution in [1.29, 1.82) is 0 Å². The predicted molar refractivity (Wildman–Crippen MR) is 213 cm³/mol. The van der Waals surface area contributed by atoms with E-state index in [0.29, 0.717) is 54.2 Å². The number of carbonyl (C=O) groups excluding carboxylic acids is 3. The summed E-state index contributed by atoms with van der Waals surface area (Å²) in [7, 11) is 3.97. The van der Waals surface area contributed by atoms with Crippen LogP contribution < -0.4 is 16.0 Å². The van der Waals surface area contributed by atoms with Crippen LogP contribution in [-0.2, 0) is 20.9 Å². The van der Waals surface area contributed by atoms with Gasteiger partial charge in [0.25, 0.3) is 5.91 Å². The van der Waals surface area contributed by atoms with Gasteiger partial charge in [-0.05, 0) is 98.8 Å². The summed E-state index contributed by atoms with van der Waals surface area (Å²) >= 11 is 0. The summed E-state index contributed by atoms with van der Waals surface area (Å²) in [4.78, 5) is 54.8. The van der Waals surface area contributed by atoms with Crippen LogP contribution in [0, 0.1) is 0 Å². The number of nitrogens with one attached hydrogen (secondary N) is 3. The van der Waals surface area contributed by atoms with Gasteiger partial charge in [0.15, 0.2) is 0 Å². The molecule has 3 aromatic carbocycles. The molecule has 10 nitrogen and oxygen atoms in total. The van der Waals surface area contributed by atoms with Gasteiger partial charge in [-0.2, -0.15) is 0 Å². The lowest BCUT2D eigenvalue weighted by Crippen LogP contribution is -2.55. The van der Waals surface area contributed by atoms with Gasteiger partial charge in [-0.15, -0.1) is 0 Å². The van der Waals surface area contributed by atoms with Crippen molar-refractivity contribution in [2.24, 2.45) is 0 Å². The third-order valence-electron chi connectivity index (χ3n) is 11.2. The predicted octanol–water partition coefficient (Wildman–Crippen LogP) is 7.21. The van der Waals surface area contributed by atoms with Gasteiger partial charge in [-0.1, -0.05) is 74.6 Å². The van der Waals surface area contributed by atoms with E-state index < -0.39 is 11.5 Å².